The number of hydrogen-bond donors (Lipinski definition) is 0. The van der Waals surface area contributed by atoms with Crippen molar-refractivity contribution in [3.8, 4) is 11.4 Å². The number of likely N-dealkylation sites (tertiary alicyclic amines) is 1. The first-order valence-electron chi connectivity index (χ1n) is 13.6. The van der Waals surface area contributed by atoms with Crippen LogP contribution in [-0.2, 0) is 27.7 Å². The first kappa shape index (κ1) is 26.6. The normalized spacial score (nSPS) is 18.1. The third kappa shape index (κ3) is 5.68. The van der Waals surface area contributed by atoms with Crippen molar-refractivity contribution in [1.29, 1.82) is 0 Å². The summed E-state index contributed by atoms with van der Waals surface area (Å²) in [6.45, 7) is 5.98. The molecule has 0 spiro atoms. The minimum absolute atomic E-state index is 0.119. The second-order valence-electron chi connectivity index (χ2n) is 10.5. The smallest absolute Gasteiger partial charge is 0.243 e. The van der Waals surface area contributed by atoms with Crippen LogP contribution in [0.3, 0.4) is 0 Å². The molecule has 2 saturated heterocycles. The third-order valence-electron chi connectivity index (χ3n) is 7.93. The van der Waals surface area contributed by atoms with Gasteiger partial charge in [-0.2, -0.15) is 9.29 Å². The van der Waals surface area contributed by atoms with Gasteiger partial charge in [0, 0.05) is 44.1 Å². The van der Waals surface area contributed by atoms with E-state index >= 15 is 0 Å². The predicted molar refractivity (Wildman–Crippen MR) is 145 cm³/mol. The van der Waals surface area contributed by atoms with Gasteiger partial charge in [0.15, 0.2) is 0 Å². The maximum Gasteiger partial charge on any atom is 0.243 e. The molecule has 1 amide bonds. The Hall–Kier alpha value is -3.04. The number of carbonyl (C=O) groups is 1. The lowest BCUT2D eigenvalue weighted by atomic mass is 9.89. The summed E-state index contributed by atoms with van der Waals surface area (Å²) in [6.07, 6.45) is 4.81. The van der Waals surface area contributed by atoms with E-state index in [0.29, 0.717) is 61.1 Å². The summed E-state index contributed by atoms with van der Waals surface area (Å²) in [5.41, 5.74) is 2.64. The maximum atomic E-state index is 13.6. The lowest BCUT2D eigenvalue weighted by Crippen LogP contribution is -2.46. The highest BCUT2D eigenvalue weighted by molar-refractivity contribution is 7.89. The minimum Gasteiger partial charge on any atom is -0.342 e. The molecule has 0 aliphatic carbocycles. The van der Waals surface area contributed by atoms with Crippen molar-refractivity contribution in [3.05, 3.63) is 65.5 Å². The van der Waals surface area contributed by atoms with Gasteiger partial charge in [-0.1, -0.05) is 54.5 Å². The maximum absolute atomic E-state index is 13.6. The number of benzene rings is 2. The van der Waals surface area contributed by atoms with Gasteiger partial charge in [0.25, 0.3) is 0 Å². The van der Waals surface area contributed by atoms with Crippen LogP contribution in [0.15, 0.2) is 57.9 Å². The minimum atomic E-state index is -3.71. The van der Waals surface area contributed by atoms with Crippen molar-refractivity contribution >= 4 is 15.9 Å². The van der Waals surface area contributed by atoms with Gasteiger partial charge >= 0.3 is 0 Å². The van der Waals surface area contributed by atoms with Gasteiger partial charge in [0.05, 0.1) is 4.90 Å². The van der Waals surface area contributed by atoms with E-state index in [2.05, 4.69) is 34.4 Å². The zero-order valence-corrected chi connectivity index (χ0v) is 23.0. The van der Waals surface area contributed by atoms with Gasteiger partial charge in [0.2, 0.25) is 27.6 Å². The summed E-state index contributed by atoms with van der Waals surface area (Å²) < 4.78 is 33.9. The van der Waals surface area contributed by atoms with E-state index in [1.807, 2.05) is 24.0 Å². The number of carbonyl (C=O) groups excluding carboxylic acids is 1. The zero-order valence-electron chi connectivity index (χ0n) is 22.2. The van der Waals surface area contributed by atoms with Gasteiger partial charge in [-0.05, 0) is 62.1 Å². The molecule has 202 valence electrons. The molecular formula is C29H36N4O4S. The molecule has 0 bridgehead atoms. The summed E-state index contributed by atoms with van der Waals surface area (Å²) in [6, 6.07) is 15.8. The molecule has 2 aromatic carbocycles. The average molecular weight is 537 g/mol. The SMILES string of the molecule is CCc1nc(-c2ccc(C)c(S(=O)(=O)N3CCC(C(=O)N4CCC(Cc5ccccc5)CC4)CC3)c2)no1. The molecule has 0 atom stereocenters. The number of nitrogens with zero attached hydrogens (tertiary/aromatic N) is 4. The molecule has 9 heteroatoms. The van der Waals surface area contributed by atoms with Crippen molar-refractivity contribution in [2.45, 2.75) is 57.3 Å². The van der Waals surface area contributed by atoms with Crippen LogP contribution in [0.2, 0.25) is 0 Å². The van der Waals surface area contributed by atoms with E-state index in [9.17, 15) is 13.2 Å². The van der Waals surface area contributed by atoms with Gasteiger partial charge in [-0.15, -0.1) is 0 Å². The molecule has 5 rings (SSSR count). The van der Waals surface area contributed by atoms with E-state index in [4.69, 9.17) is 4.52 Å². The number of sulfonamides is 1. The van der Waals surface area contributed by atoms with Gasteiger partial charge < -0.3 is 9.42 Å². The highest BCUT2D eigenvalue weighted by Crippen LogP contribution is 2.30. The molecule has 38 heavy (non-hydrogen) atoms. The second-order valence-corrected chi connectivity index (χ2v) is 12.4. The van der Waals surface area contributed by atoms with Gasteiger partial charge in [0.1, 0.15) is 0 Å². The fourth-order valence-corrected chi connectivity index (χ4v) is 7.30. The van der Waals surface area contributed by atoms with Crippen LogP contribution in [0.4, 0.5) is 0 Å². The lowest BCUT2D eigenvalue weighted by Gasteiger charge is -2.37. The molecule has 8 nitrogen and oxygen atoms in total. The van der Waals surface area contributed by atoms with Crippen LogP contribution in [0, 0.1) is 18.8 Å². The van der Waals surface area contributed by atoms with Crippen molar-refractivity contribution in [2.24, 2.45) is 11.8 Å². The number of aryl methyl sites for hydroxylation is 2. The zero-order chi connectivity index (χ0) is 26.7. The molecule has 0 N–H and O–H groups in total. The molecule has 0 radical (unpaired) electrons. The third-order valence-corrected chi connectivity index (χ3v) is 9.97. The molecule has 3 heterocycles. The quantitative estimate of drug-likeness (QED) is 0.442. The fraction of sp³-hybridized carbons (Fsp3) is 0.483. The summed E-state index contributed by atoms with van der Waals surface area (Å²) in [7, 11) is -3.71. The van der Waals surface area contributed by atoms with Crippen LogP contribution in [-0.4, -0.2) is 59.8 Å². The standard InChI is InChI=1S/C29H36N4O4S/c1-3-27-30-28(31-37-27)25-10-9-21(2)26(20-25)38(35,36)33-17-13-24(14-18-33)29(34)32-15-11-23(12-16-32)19-22-7-5-4-6-8-22/h4-10,20,23-24H,3,11-19H2,1-2H3. The monoisotopic (exact) mass is 536 g/mol. The van der Waals surface area contributed by atoms with Crippen LogP contribution in [0.1, 0.15) is 49.6 Å². The van der Waals surface area contributed by atoms with Crippen LogP contribution >= 0.6 is 0 Å². The largest absolute Gasteiger partial charge is 0.342 e. The molecule has 3 aromatic rings. The van der Waals surface area contributed by atoms with Crippen LogP contribution < -0.4 is 0 Å². The van der Waals surface area contributed by atoms with Crippen molar-refractivity contribution in [1.82, 2.24) is 19.3 Å². The van der Waals surface area contributed by atoms with E-state index in [-0.39, 0.29) is 16.7 Å². The van der Waals surface area contributed by atoms with Gasteiger partial charge in [-0.3, -0.25) is 4.79 Å². The van der Waals surface area contributed by atoms with Crippen LogP contribution in [0.5, 0.6) is 0 Å². The molecule has 2 aliphatic rings. The Labute approximate surface area is 225 Å². The molecular weight excluding hydrogens is 500 g/mol. The fourth-order valence-electron chi connectivity index (χ4n) is 5.58. The molecule has 0 saturated carbocycles. The van der Waals surface area contributed by atoms with E-state index < -0.39 is 10.0 Å². The predicted octanol–water partition coefficient (Wildman–Crippen LogP) is 4.49. The topological polar surface area (TPSA) is 96.6 Å². The number of amides is 1. The molecule has 0 unspecified atom stereocenters. The Morgan fingerprint density at radius 3 is 2.37 bits per heavy atom. The Kier molecular flexibility index (Phi) is 7.95. The summed E-state index contributed by atoms with van der Waals surface area (Å²) >= 11 is 0. The summed E-state index contributed by atoms with van der Waals surface area (Å²) in [4.78, 5) is 19.8. The first-order chi connectivity index (χ1) is 18.3. The number of aromatic nitrogens is 2. The van der Waals surface area contributed by atoms with E-state index in [1.165, 1.54) is 9.87 Å². The van der Waals surface area contributed by atoms with Gasteiger partial charge in [-0.25, -0.2) is 8.42 Å². The highest BCUT2D eigenvalue weighted by atomic mass is 32.2. The Balaban J connectivity index is 1.18. The second kappa shape index (κ2) is 11.4. The summed E-state index contributed by atoms with van der Waals surface area (Å²) in [5, 5.41) is 3.99. The molecule has 1 aromatic heterocycles. The Bertz CT molecular complexity index is 1360. The van der Waals surface area contributed by atoms with Crippen molar-refractivity contribution in [2.75, 3.05) is 26.2 Å². The van der Waals surface area contributed by atoms with Crippen LogP contribution in [0.25, 0.3) is 11.4 Å². The average Bonchev–Trinajstić information content (AvgIpc) is 3.43. The number of piperidine rings is 2. The number of rotatable bonds is 7. The number of hydrogen-bond acceptors (Lipinski definition) is 6. The first-order valence-corrected chi connectivity index (χ1v) is 15.1. The summed E-state index contributed by atoms with van der Waals surface area (Å²) in [5.74, 6) is 1.56. The molecule has 2 aliphatic heterocycles. The van der Waals surface area contributed by atoms with Crippen molar-refractivity contribution < 1.29 is 17.7 Å². The molecule has 2 fully saturated rings. The Morgan fingerprint density at radius 2 is 1.71 bits per heavy atom. The van der Waals surface area contributed by atoms with Crippen molar-refractivity contribution in [3.63, 3.8) is 0 Å². The Morgan fingerprint density at radius 1 is 1.00 bits per heavy atom. The van der Waals surface area contributed by atoms with E-state index in [1.54, 1.807) is 19.1 Å². The lowest BCUT2D eigenvalue weighted by molar-refractivity contribution is -0.138. The van der Waals surface area contributed by atoms with E-state index in [0.717, 1.165) is 32.4 Å². The highest BCUT2D eigenvalue weighted by Gasteiger charge is 2.35.